The van der Waals surface area contributed by atoms with Crippen LogP contribution >= 0.6 is 0 Å². The van der Waals surface area contributed by atoms with E-state index in [0.29, 0.717) is 21.9 Å². The normalized spacial score (nSPS) is 12.7. The topological polar surface area (TPSA) is 63.2 Å². The average Bonchev–Trinajstić information content (AvgIpc) is 2.62. The monoisotopic (exact) mass is 387 g/mol. The number of rotatable bonds is 9. The summed E-state index contributed by atoms with van der Waals surface area (Å²) >= 11 is 0. The van der Waals surface area contributed by atoms with E-state index in [4.69, 9.17) is 0 Å². The zero-order valence-electron chi connectivity index (χ0n) is 16.3. The molecule has 2 rings (SSSR count). The number of hydrogen-bond acceptors (Lipinski definition) is 3. The Morgan fingerprint density at radius 3 is 2.33 bits per heavy atom. The van der Waals surface area contributed by atoms with Crippen LogP contribution in [0.15, 0.2) is 59.5 Å². The van der Waals surface area contributed by atoms with E-state index in [9.17, 15) is 13.2 Å². The summed E-state index contributed by atoms with van der Waals surface area (Å²) in [7, 11) is -3.43. The minimum atomic E-state index is -3.43. The number of carbonyl (C=O) groups excluding carboxylic acids is 1. The van der Waals surface area contributed by atoms with Gasteiger partial charge in [0.25, 0.3) is 5.91 Å². The highest BCUT2D eigenvalue weighted by Gasteiger charge is 2.16. The summed E-state index contributed by atoms with van der Waals surface area (Å²) < 4.78 is 25.1. The number of hydrogen-bond donors (Lipinski definition) is 1. The van der Waals surface area contributed by atoms with Crippen LogP contribution in [0.1, 0.15) is 56.0 Å². The largest absolute Gasteiger partial charge is 0.350 e. The molecule has 27 heavy (non-hydrogen) atoms. The first-order chi connectivity index (χ1) is 12.8. The minimum absolute atomic E-state index is 0.0907. The summed E-state index contributed by atoms with van der Waals surface area (Å²) in [6.07, 6.45) is 3.16. The van der Waals surface area contributed by atoms with Gasteiger partial charge in [0.05, 0.1) is 10.6 Å². The number of amides is 1. The number of nitrogens with one attached hydrogen (secondary N) is 1. The Kier molecular flexibility index (Phi) is 7.60. The maximum absolute atomic E-state index is 12.5. The molecule has 1 atom stereocenters. The first kappa shape index (κ1) is 21.2. The van der Waals surface area contributed by atoms with E-state index in [2.05, 4.69) is 19.2 Å². The third-order valence-electron chi connectivity index (χ3n) is 4.44. The molecular weight excluding hydrogens is 358 g/mol. The summed E-state index contributed by atoms with van der Waals surface area (Å²) in [5.41, 5.74) is 1.10. The van der Waals surface area contributed by atoms with Gasteiger partial charge in [-0.05, 0) is 49.1 Å². The molecule has 0 aromatic heterocycles. The Hall–Kier alpha value is -2.14. The van der Waals surface area contributed by atoms with Gasteiger partial charge in [0.1, 0.15) is 0 Å². The van der Waals surface area contributed by atoms with E-state index in [-0.39, 0.29) is 17.7 Å². The Bertz CT molecular complexity index is 845. The second kappa shape index (κ2) is 9.70. The molecule has 0 heterocycles. The van der Waals surface area contributed by atoms with Crippen LogP contribution < -0.4 is 5.32 Å². The molecule has 0 aliphatic heterocycles. The number of benzene rings is 2. The molecule has 1 amide bonds. The van der Waals surface area contributed by atoms with Crippen molar-refractivity contribution in [1.82, 2.24) is 5.32 Å². The Morgan fingerprint density at radius 1 is 0.963 bits per heavy atom. The average molecular weight is 388 g/mol. The van der Waals surface area contributed by atoms with E-state index in [0.717, 1.165) is 19.3 Å². The van der Waals surface area contributed by atoms with Crippen molar-refractivity contribution in [2.24, 2.45) is 5.92 Å². The van der Waals surface area contributed by atoms with Crippen molar-refractivity contribution in [3.05, 3.63) is 65.7 Å². The van der Waals surface area contributed by atoms with Crippen molar-refractivity contribution in [3.8, 4) is 0 Å². The highest BCUT2D eigenvalue weighted by atomic mass is 32.2. The Labute approximate surface area is 162 Å². The first-order valence-electron chi connectivity index (χ1n) is 9.45. The van der Waals surface area contributed by atoms with Gasteiger partial charge >= 0.3 is 0 Å². The number of sulfone groups is 1. The van der Waals surface area contributed by atoms with Gasteiger partial charge < -0.3 is 5.32 Å². The van der Waals surface area contributed by atoms with Crippen LogP contribution in [0.2, 0.25) is 0 Å². The fourth-order valence-electron chi connectivity index (χ4n) is 2.94. The van der Waals surface area contributed by atoms with Crippen molar-refractivity contribution in [3.63, 3.8) is 0 Å². The second-order valence-corrected chi connectivity index (χ2v) is 9.46. The highest BCUT2D eigenvalue weighted by molar-refractivity contribution is 7.90. The summed E-state index contributed by atoms with van der Waals surface area (Å²) in [5.74, 6) is 0.379. The maximum atomic E-state index is 12.5. The molecule has 0 aliphatic carbocycles. The SMILES string of the molecule is CC(C)CCCC(C)NC(=O)c1cccc(CS(=O)(=O)c2ccccc2)c1. The smallest absolute Gasteiger partial charge is 0.251 e. The summed E-state index contributed by atoms with van der Waals surface area (Å²) in [5, 5.41) is 3.00. The predicted molar refractivity (Wildman–Crippen MR) is 109 cm³/mol. The zero-order valence-corrected chi connectivity index (χ0v) is 17.1. The molecule has 4 nitrogen and oxygen atoms in total. The van der Waals surface area contributed by atoms with Gasteiger partial charge in [-0.2, -0.15) is 0 Å². The molecule has 146 valence electrons. The standard InChI is InChI=1S/C22H29NO3S/c1-17(2)9-7-10-18(3)23-22(24)20-12-8-11-19(15-20)16-27(25,26)21-13-5-4-6-14-21/h4-6,8,11-15,17-18H,7,9-10,16H2,1-3H3,(H,23,24). The summed E-state index contributed by atoms with van der Waals surface area (Å²) in [4.78, 5) is 12.8. The molecular formula is C22H29NO3S. The molecule has 0 saturated carbocycles. The molecule has 0 spiro atoms. The lowest BCUT2D eigenvalue weighted by Gasteiger charge is -2.15. The van der Waals surface area contributed by atoms with Crippen LogP contribution in [0, 0.1) is 5.92 Å². The van der Waals surface area contributed by atoms with Crippen LogP contribution in [-0.4, -0.2) is 20.4 Å². The van der Waals surface area contributed by atoms with E-state index < -0.39 is 9.84 Å². The lowest BCUT2D eigenvalue weighted by atomic mass is 10.0. The fraction of sp³-hybridized carbons (Fsp3) is 0.409. The lowest BCUT2D eigenvalue weighted by Crippen LogP contribution is -2.32. The molecule has 0 radical (unpaired) electrons. The fourth-order valence-corrected chi connectivity index (χ4v) is 4.30. The van der Waals surface area contributed by atoms with Crippen LogP contribution in [0.4, 0.5) is 0 Å². The molecule has 2 aromatic carbocycles. The van der Waals surface area contributed by atoms with E-state index >= 15 is 0 Å². The van der Waals surface area contributed by atoms with Crippen molar-refractivity contribution in [1.29, 1.82) is 0 Å². The second-order valence-electron chi connectivity index (χ2n) is 7.47. The molecule has 0 bridgehead atoms. The van der Waals surface area contributed by atoms with Gasteiger partial charge in [0.15, 0.2) is 9.84 Å². The Balaban J connectivity index is 2.01. The molecule has 0 fully saturated rings. The highest BCUT2D eigenvalue weighted by Crippen LogP contribution is 2.17. The predicted octanol–water partition coefficient (Wildman–Crippen LogP) is 4.61. The van der Waals surface area contributed by atoms with Crippen LogP contribution in [0.5, 0.6) is 0 Å². The Morgan fingerprint density at radius 2 is 1.67 bits per heavy atom. The van der Waals surface area contributed by atoms with Gasteiger partial charge in [-0.15, -0.1) is 0 Å². The quantitative estimate of drug-likeness (QED) is 0.684. The molecule has 0 aliphatic rings. The van der Waals surface area contributed by atoms with Gasteiger partial charge in [-0.25, -0.2) is 8.42 Å². The summed E-state index contributed by atoms with van der Waals surface area (Å²) in [6.45, 7) is 6.39. The van der Waals surface area contributed by atoms with Crippen molar-refractivity contribution < 1.29 is 13.2 Å². The lowest BCUT2D eigenvalue weighted by molar-refractivity contribution is 0.0937. The third kappa shape index (κ3) is 6.83. The van der Waals surface area contributed by atoms with Gasteiger partial charge in [0, 0.05) is 11.6 Å². The zero-order chi connectivity index (χ0) is 19.9. The van der Waals surface area contributed by atoms with E-state index in [1.165, 1.54) is 0 Å². The van der Waals surface area contributed by atoms with Gasteiger partial charge in [0.2, 0.25) is 0 Å². The van der Waals surface area contributed by atoms with E-state index in [1.54, 1.807) is 54.6 Å². The molecule has 5 heteroatoms. The maximum Gasteiger partial charge on any atom is 0.251 e. The molecule has 0 saturated heterocycles. The molecule has 1 N–H and O–H groups in total. The molecule has 1 unspecified atom stereocenters. The van der Waals surface area contributed by atoms with Crippen LogP contribution in [0.3, 0.4) is 0 Å². The van der Waals surface area contributed by atoms with Crippen LogP contribution in [-0.2, 0) is 15.6 Å². The van der Waals surface area contributed by atoms with Gasteiger partial charge in [-0.1, -0.05) is 57.0 Å². The van der Waals surface area contributed by atoms with Crippen molar-refractivity contribution in [2.45, 2.75) is 56.7 Å². The number of carbonyl (C=O) groups is 1. The van der Waals surface area contributed by atoms with Crippen molar-refractivity contribution >= 4 is 15.7 Å². The summed E-state index contributed by atoms with van der Waals surface area (Å²) in [6, 6.07) is 15.3. The van der Waals surface area contributed by atoms with Gasteiger partial charge in [-0.3, -0.25) is 4.79 Å². The van der Waals surface area contributed by atoms with Crippen molar-refractivity contribution in [2.75, 3.05) is 0 Å². The molecule has 2 aromatic rings. The third-order valence-corrected chi connectivity index (χ3v) is 6.15. The minimum Gasteiger partial charge on any atom is -0.350 e. The van der Waals surface area contributed by atoms with Crippen LogP contribution in [0.25, 0.3) is 0 Å². The first-order valence-corrected chi connectivity index (χ1v) is 11.1. The van der Waals surface area contributed by atoms with E-state index in [1.807, 2.05) is 6.92 Å².